The molecule has 0 saturated heterocycles. The first kappa shape index (κ1) is 13.7. The number of halogens is 2. The monoisotopic (exact) mass is 321 g/mol. The van der Waals surface area contributed by atoms with Crippen LogP contribution < -0.4 is 5.32 Å². The first-order valence-electron chi connectivity index (χ1n) is 5.84. The number of carbonyl (C=O) groups is 1. The molecule has 0 aliphatic rings. The molecule has 4 heteroatoms. The highest BCUT2D eigenvalue weighted by Gasteiger charge is 2.07. The average Bonchev–Trinajstić information content (AvgIpc) is 2.36. The van der Waals surface area contributed by atoms with Gasteiger partial charge >= 0.3 is 0 Å². The molecule has 0 heterocycles. The van der Waals surface area contributed by atoms with E-state index in [1.165, 1.54) is 17.7 Å². The van der Waals surface area contributed by atoms with E-state index in [1.807, 2.05) is 31.2 Å². The molecule has 98 valence electrons. The van der Waals surface area contributed by atoms with E-state index < -0.39 is 5.82 Å². The lowest BCUT2D eigenvalue weighted by Gasteiger charge is -2.06. The summed E-state index contributed by atoms with van der Waals surface area (Å²) in [6.45, 7) is 2.43. The number of nitrogens with one attached hydrogen (secondary N) is 1. The molecule has 0 radical (unpaired) electrons. The molecular formula is C15H13BrFNO. The molecule has 0 aromatic heterocycles. The number of aryl methyl sites for hydroxylation is 1. The highest BCUT2D eigenvalue weighted by Crippen LogP contribution is 2.15. The smallest absolute Gasteiger partial charge is 0.251 e. The zero-order valence-electron chi connectivity index (χ0n) is 10.4. The van der Waals surface area contributed by atoms with Gasteiger partial charge in [-0.2, -0.15) is 0 Å². The van der Waals surface area contributed by atoms with Crippen molar-refractivity contribution < 1.29 is 9.18 Å². The van der Waals surface area contributed by atoms with Crippen LogP contribution in [0.5, 0.6) is 0 Å². The minimum absolute atomic E-state index is 0.291. The second-order valence-corrected chi connectivity index (χ2v) is 5.24. The molecule has 0 spiro atoms. The van der Waals surface area contributed by atoms with Crippen molar-refractivity contribution >= 4 is 21.8 Å². The molecular weight excluding hydrogens is 309 g/mol. The summed E-state index contributed by atoms with van der Waals surface area (Å²) in [5.74, 6) is -0.726. The third kappa shape index (κ3) is 3.89. The molecule has 2 aromatic carbocycles. The van der Waals surface area contributed by atoms with E-state index in [1.54, 1.807) is 6.07 Å². The molecule has 0 bridgehead atoms. The zero-order chi connectivity index (χ0) is 13.8. The zero-order valence-corrected chi connectivity index (χ0v) is 12.0. The van der Waals surface area contributed by atoms with E-state index >= 15 is 0 Å². The fraction of sp³-hybridized carbons (Fsp3) is 0.133. The lowest BCUT2D eigenvalue weighted by atomic mass is 10.1. The first-order valence-corrected chi connectivity index (χ1v) is 6.64. The molecule has 1 amide bonds. The largest absolute Gasteiger partial charge is 0.348 e. The predicted octanol–water partition coefficient (Wildman–Crippen LogP) is 3.83. The molecule has 2 nitrogen and oxygen atoms in total. The Balaban J connectivity index is 2.03. The highest BCUT2D eigenvalue weighted by atomic mass is 79.9. The van der Waals surface area contributed by atoms with E-state index in [9.17, 15) is 9.18 Å². The van der Waals surface area contributed by atoms with Crippen LogP contribution in [0.1, 0.15) is 21.5 Å². The number of rotatable bonds is 3. The van der Waals surface area contributed by atoms with E-state index in [2.05, 4.69) is 21.2 Å². The molecule has 0 aliphatic heterocycles. The van der Waals surface area contributed by atoms with Gasteiger partial charge in [0.15, 0.2) is 0 Å². The van der Waals surface area contributed by atoms with E-state index in [0.717, 1.165) is 5.56 Å². The Morgan fingerprint density at radius 2 is 1.89 bits per heavy atom. The topological polar surface area (TPSA) is 29.1 Å². The average molecular weight is 322 g/mol. The van der Waals surface area contributed by atoms with Crippen LogP contribution in [0.4, 0.5) is 4.39 Å². The van der Waals surface area contributed by atoms with Gasteiger partial charge in [0.05, 0.1) is 0 Å². The van der Waals surface area contributed by atoms with Crippen LogP contribution in [0.15, 0.2) is 46.9 Å². The van der Waals surface area contributed by atoms with Crippen molar-refractivity contribution in [3.05, 3.63) is 69.4 Å². The van der Waals surface area contributed by atoms with Gasteiger partial charge in [-0.25, -0.2) is 4.39 Å². The normalized spacial score (nSPS) is 10.3. The van der Waals surface area contributed by atoms with Crippen molar-refractivity contribution in [3.63, 3.8) is 0 Å². The van der Waals surface area contributed by atoms with Crippen LogP contribution in [0.25, 0.3) is 0 Å². The van der Waals surface area contributed by atoms with Crippen molar-refractivity contribution in [2.45, 2.75) is 13.5 Å². The molecule has 0 atom stereocenters. The third-order valence-electron chi connectivity index (χ3n) is 2.70. The predicted molar refractivity (Wildman–Crippen MR) is 76.4 cm³/mol. The van der Waals surface area contributed by atoms with Crippen LogP contribution in [-0.2, 0) is 6.54 Å². The van der Waals surface area contributed by atoms with Gasteiger partial charge in [-0.3, -0.25) is 4.79 Å². The Morgan fingerprint density at radius 1 is 1.21 bits per heavy atom. The molecule has 1 N–H and O–H groups in total. The molecule has 2 rings (SSSR count). The van der Waals surface area contributed by atoms with Crippen LogP contribution in [0.3, 0.4) is 0 Å². The quantitative estimate of drug-likeness (QED) is 0.914. The van der Waals surface area contributed by atoms with Gasteiger partial charge in [0.2, 0.25) is 0 Å². The Kier molecular flexibility index (Phi) is 4.32. The van der Waals surface area contributed by atoms with Gasteiger partial charge in [-0.15, -0.1) is 0 Å². The maximum Gasteiger partial charge on any atom is 0.251 e. The number of hydrogen-bond acceptors (Lipinski definition) is 1. The maximum atomic E-state index is 13.2. The van der Waals surface area contributed by atoms with Crippen LogP contribution >= 0.6 is 15.9 Å². The molecule has 0 saturated carbocycles. The summed E-state index contributed by atoms with van der Waals surface area (Å²) in [5, 5.41) is 2.76. The summed E-state index contributed by atoms with van der Waals surface area (Å²) >= 11 is 3.17. The lowest BCUT2D eigenvalue weighted by molar-refractivity contribution is 0.0950. The van der Waals surface area contributed by atoms with Gasteiger partial charge in [-0.05, 0) is 30.7 Å². The standard InChI is InChI=1S/C15H13BrFNO/c1-10-2-4-11(5-3-10)9-18-15(19)12-6-13(16)8-14(17)7-12/h2-8H,9H2,1H3,(H,18,19). The molecule has 0 fully saturated rings. The van der Waals surface area contributed by atoms with Crippen LogP contribution in [0.2, 0.25) is 0 Å². The minimum Gasteiger partial charge on any atom is -0.348 e. The van der Waals surface area contributed by atoms with Crippen molar-refractivity contribution in [1.29, 1.82) is 0 Å². The van der Waals surface area contributed by atoms with Crippen molar-refractivity contribution in [2.75, 3.05) is 0 Å². The Morgan fingerprint density at radius 3 is 2.53 bits per heavy atom. The third-order valence-corrected chi connectivity index (χ3v) is 3.16. The van der Waals surface area contributed by atoms with Crippen molar-refractivity contribution in [2.24, 2.45) is 0 Å². The summed E-state index contributed by atoms with van der Waals surface area (Å²) in [5.41, 5.74) is 2.48. The molecule has 0 aliphatic carbocycles. The molecule has 2 aromatic rings. The number of benzene rings is 2. The highest BCUT2D eigenvalue weighted by molar-refractivity contribution is 9.10. The van der Waals surface area contributed by atoms with Crippen molar-refractivity contribution in [1.82, 2.24) is 5.32 Å². The summed E-state index contributed by atoms with van der Waals surface area (Å²) in [6, 6.07) is 12.0. The summed E-state index contributed by atoms with van der Waals surface area (Å²) in [7, 11) is 0. The summed E-state index contributed by atoms with van der Waals surface area (Å²) < 4.78 is 13.7. The maximum absolute atomic E-state index is 13.2. The second-order valence-electron chi connectivity index (χ2n) is 4.33. The number of carbonyl (C=O) groups excluding carboxylic acids is 1. The van der Waals surface area contributed by atoms with Gasteiger partial charge in [0.1, 0.15) is 5.82 Å². The SMILES string of the molecule is Cc1ccc(CNC(=O)c2cc(F)cc(Br)c2)cc1. The second kappa shape index (κ2) is 5.97. The molecule has 19 heavy (non-hydrogen) atoms. The Bertz CT molecular complexity index is 575. The van der Waals surface area contributed by atoms with Gasteiger partial charge < -0.3 is 5.32 Å². The fourth-order valence-corrected chi connectivity index (χ4v) is 2.14. The Hall–Kier alpha value is -1.68. The van der Waals surface area contributed by atoms with Crippen LogP contribution in [-0.4, -0.2) is 5.91 Å². The Labute approximate surface area is 119 Å². The van der Waals surface area contributed by atoms with Gasteiger partial charge in [0, 0.05) is 16.6 Å². The number of hydrogen-bond donors (Lipinski definition) is 1. The molecule has 0 unspecified atom stereocenters. The van der Waals surface area contributed by atoms with E-state index in [4.69, 9.17) is 0 Å². The fourth-order valence-electron chi connectivity index (χ4n) is 1.68. The van der Waals surface area contributed by atoms with E-state index in [-0.39, 0.29) is 5.91 Å². The lowest BCUT2D eigenvalue weighted by Crippen LogP contribution is -2.22. The van der Waals surface area contributed by atoms with Gasteiger partial charge in [0.25, 0.3) is 5.91 Å². The summed E-state index contributed by atoms with van der Waals surface area (Å²) in [4.78, 5) is 11.9. The van der Waals surface area contributed by atoms with Crippen molar-refractivity contribution in [3.8, 4) is 0 Å². The number of amides is 1. The first-order chi connectivity index (χ1) is 9.04. The summed E-state index contributed by atoms with van der Waals surface area (Å²) in [6.07, 6.45) is 0. The van der Waals surface area contributed by atoms with Gasteiger partial charge in [-0.1, -0.05) is 45.8 Å². The van der Waals surface area contributed by atoms with E-state index in [0.29, 0.717) is 16.6 Å². The van der Waals surface area contributed by atoms with Crippen LogP contribution in [0, 0.1) is 12.7 Å². The minimum atomic E-state index is -0.435.